The number of hydrogen-bond acceptors (Lipinski definition) is 2. The lowest BCUT2D eigenvalue weighted by Crippen LogP contribution is -2.45. The lowest BCUT2D eigenvalue weighted by atomic mass is 10.0. The molecular formula is C17H24ClIN2O. The van der Waals surface area contributed by atoms with Crippen LogP contribution in [0.15, 0.2) is 18.2 Å². The average Bonchev–Trinajstić information content (AvgIpc) is 3.32. The van der Waals surface area contributed by atoms with Crippen molar-refractivity contribution in [2.24, 2.45) is 5.92 Å². The van der Waals surface area contributed by atoms with Gasteiger partial charge in [0.05, 0.1) is 5.56 Å². The second-order valence-corrected chi connectivity index (χ2v) is 7.56. The summed E-state index contributed by atoms with van der Waals surface area (Å²) in [7, 11) is 0. The highest BCUT2D eigenvalue weighted by molar-refractivity contribution is 14.1. The van der Waals surface area contributed by atoms with Gasteiger partial charge in [-0.05, 0) is 79.8 Å². The number of piperidine rings is 1. The Hall–Kier alpha value is -0.330. The van der Waals surface area contributed by atoms with Crippen molar-refractivity contribution in [3.8, 4) is 0 Å². The van der Waals surface area contributed by atoms with Gasteiger partial charge in [0.1, 0.15) is 0 Å². The second-order valence-electron chi connectivity index (χ2n) is 6.40. The third-order valence-electron chi connectivity index (χ3n) is 4.53. The predicted octanol–water partition coefficient (Wildman–Crippen LogP) is 3.63. The zero-order valence-corrected chi connectivity index (χ0v) is 16.0. The van der Waals surface area contributed by atoms with Crippen LogP contribution in [-0.4, -0.2) is 36.5 Å². The van der Waals surface area contributed by atoms with Crippen LogP contribution in [0, 0.1) is 16.4 Å². The fraction of sp³-hybridized carbons (Fsp3) is 0.588. The maximum Gasteiger partial charge on any atom is 0.254 e. The van der Waals surface area contributed by atoms with E-state index in [1.54, 1.807) is 0 Å². The topological polar surface area (TPSA) is 32.3 Å². The van der Waals surface area contributed by atoms with E-state index in [9.17, 15) is 4.79 Å². The Kier molecular flexibility index (Phi) is 6.53. The van der Waals surface area contributed by atoms with Crippen molar-refractivity contribution in [3.05, 3.63) is 32.9 Å². The number of nitrogens with one attached hydrogen (secondary N) is 1. The Balaban J connectivity index is 0.00000176. The minimum Gasteiger partial charge on any atom is -0.338 e. The maximum atomic E-state index is 12.7. The van der Waals surface area contributed by atoms with Crippen LogP contribution < -0.4 is 5.32 Å². The van der Waals surface area contributed by atoms with Crippen molar-refractivity contribution in [2.75, 3.05) is 19.6 Å². The van der Waals surface area contributed by atoms with Crippen molar-refractivity contribution in [1.29, 1.82) is 0 Å². The normalized spacial score (nSPS) is 18.9. The first-order valence-electron chi connectivity index (χ1n) is 7.92. The smallest absolute Gasteiger partial charge is 0.254 e. The van der Waals surface area contributed by atoms with Gasteiger partial charge in [0.25, 0.3) is 5.91 Å². The number of hydrogen-bond donors (Lipinski definition) is 1. The van der Waals surface area contributed by atoms with Crippen LogP contribution in [0.25, 0.3) is 0 Å². The standard InChI is InChI=1S/C17H23IN2O.ClH/c1-12-2-5-16(18)15(10-12)17(21)20-8-6-14(7-9-20)19-11-13-3-4-13;/h2,5,10,13-14,19H,3-4,6-9,11H2,1H3;1H. The number of carbonyl (C=O) groups is 1. The van der Waals surface area contributed by atoms with Crippen LogP contribution in [0.3, 0.4) is 0 Å². The molecule has 22 heavy (non-hydrogen) atoms. The summed E-state index contributed by atoms with van der Waals surface area (Å²) in [4.78, 5) is 14.7. The number of rotatable bonds is 4. The molecule has 2 fully saturated rings. The summed E-state index contributed by atoms with van der Waals surface area (Å²) in [5, 5.41) is 3.66. The molecule has 0 bridgehead atoms. The van der Waals surface area contributed by atoms with Gasteiger partial charge in [-0.1, -0.05) is 11.6 Å². The molecule has 1 heterocycles. The van der Waals surface area contributed by atoms with E-state index in [1.165, 1.54) is 19.4 Å². The van der Waals surface area contributed by atoms with Gasteiger partial charge in [0.15, 0.2) is 0 Å². The summed E-state index contributed by atoms with van der Waals surface area (Å²) in [5.74, 6) is 1.13. The summed E-state index contributed by atoms with van der Waals surface area (Å²) in [6, 6.07) is 6.72. The van der Waals surface area contributed by atoms with E-state index in [0.29, 0.717) is 6.04 Å². The van der Waals surface area contributed by atoms with E-state index in [-0.39, 0.29) is 18.3 Å². The number of nitrogens with zero attached hydrogens (tertiary/aromatic N) is 1. The Morgan fingerprint density at radius 1 is 1.27 bits per heavy atom. The van der Waals surface area contributed by atoms with Gasteiger partial charge >= 0.3 is 0 Å². The maximum absolute atomic E-state index is 12.7. The SMILES string of the molecule is Cc1ccc(I)c(C(=O)N2CCC(NCC3CC3)CC2)c1.Cl. The number of aryl methyl sites for hydroxylation is 1. The highest BCUT2D eigenvalue weighted by atomic mass is 127. The Morgan fingerprint density at radius 3 is 2.59 bits per heavy atom. The van der Waals surface area contributed by atoms with E-state index < -0.39 is 0 Å². The highest BCUT2D eigenvalue weighted by Crippen LogP contribution is 2.28. The van der Waals surface area contributed by atoms with E-state index in [0.717, 1.165) is 46.5 Å². The molecule has 122 valence electrons. The molecule has 1 amide bonds. The molecule has 0 atom stereocenters. The van der Waals surface area contributed by atoms with Gasteiger partial charge in [-0.3, -0.25) is 4.79 Å². The first-order valence-corrected chi connectivity index (χ1v) is 9.00. The summed E-state index contributed by atoms with van der Waals surface area (Å²) in [6.45, 7) is 4.98. The third kappa shape index (κ3) is 4.59. The second kappa shape index (κ2) is 7.97. The Morgan fingerprint density at radius 2 is 1.95 bits per heavy atom. The Labute approximate surface area is 152 Å². The molecule has 0 radical (unpaired) electrons. The zero-order valence-electron chi connectivity index (χ0n) is 13.0. The van der Waals surface area contributed by atoms with Crippen molar-refractivity contribution >= 4 is 40.9 Å². The molecule has 1 aromatic rings. The van der Waals surface area contributed by atoms with Crippen LogP contribution in [0.1, 0.15) is 41.6 Å². The molecule has 1 aromatic carbocycles. The quantitative estimate of drug-likeness (QED) is 0.734. The summed E-state index contributed by atoms with van der Waals surface area (Å²) in [5.41, 5.74) is 2.01. The molecule has 2 aliphatic rings. The van der Waals surface area contributed by atoms with Crippen LogP contribution in [0.5, 0.6) is 0 Å². The number of benzene rings is 1. The molecule has 0 aromatic heterocycles. The van der Waals surface area contributed by atoms with E-state index in [1.807, 2.05) is 24.0 Å². The predicted molar refractivity (Wildman–Crippen MR) is 101 cm³/mol. The molecule has 0 unspecified atom stereocenters. The van der Waals surface area contributed by atoms with E-state index in [4.69, 9.17) is 0 Å². The Bertz CT molecular complexity index is 525. The van der Waals surface area contributed by atoms with E-state index in [2.05, 4.69) is 34.0 Å². The lowest BCUT2D eigenvalue weighted by molar-refractivity contribution is 0.0704. The first-order chi connectivity index (χ1) is 10.1. The van der Waals surface area contributed by atoms with Gasteiger partial charge in [-0.25, -0.2) is 0 Å². The minimum absolute atomic E-state index is 0. The molecule has 1 saturated carbocycles. The monoisotopic (exact) mass is 434 g/mol. The van der Waals surface area contributed by atoms with Crippen molar-refractivity contribution in [1.82, 2.24) is 10.2 Å². The molecule has 1 aliphatic heterocycles. The molecule has 1 N–H and O–H groups in total. The fourth-order valence-corrected chi connectivity index (χ4v) is 3.48. The summed E-state index contributed by atoms with van der Waals surface area (Å²) < 4.78 is 1.05. The van der Waals surface area contributed by atoms with Crippen molar-refractivity contribution < 1.29 is 4.79 Å². The minimum atomic E-state index is 0. The number of amides is 1. The molecule has 5 heteroatoms. The number of carbonyl (C=O) groups excluding carboxylic acids is 1. The van der Waals surface area contributed by atoms with Crippen LogP contribution in [0.4, 0.5) is 0 Å². The van der Waals surface area contributed by atoms with Crippen molar-refractivity contribution in [3.63, 3.8) is 0 Å². The molecule has 1 aliphatic carbocycles. The van der Waals surface area contributed by atoms with Crippen LogP contribution in [-0.2, 0) is 0 Å². The molecule has 0 spiro atoms. The van der Waals surface area contributed by atoms with Crippen LogP contribution >= 0.6 is 35.0 Å². The fourth-order valence-electron chi connectivity index (χ4n) is 2.92. The lowest BCUT2D eigenvalue weighted by Gasteiger charge is -2.33. The van der Waals surface area contributed by atoms with Gasteiger partial charge in [0.2, 0.25) is 0 Å². The van der Waals surface area contributed by atoms with Crippen molar-refractivity contribution in [2.45, 2.75) is 38.6 Å². The van der Waals surface area contributed by atoms with E-state index >= 15 is 0 Å². The number of likely N-dealkylation sites (tertiary alicyclic amines) is 1. The van der Waals surface area contributed by atoms with Crippen LogP contribution in [0.2, 0.25) is 0 Å². The van der Waals surface area contributed by atoms with Gasteiger partial charge in [0, 0.05) is 22.7 Å². The molecule has 3 nitrogen and oxygen atoms in total. The largest absolute Gasteiger partial charge is 0.338 e. The summed E-state index contributed by atoms with van der Waals surface area (Å²) in [6.07, 6.45) is 4.97. The third-order valence-corrected chi connectivity index (χ3v) is 5.47. The van der Waals surface area contributed by atoms with Gasteiger partial charge in [-0.15, -0.1) is 12.4 Å². The first kappa shape index (κ1) is 18.0. The van der Waals surface area contributed by atoms with Gasteiger partial charge < -0.3 is 10.2 Å². The molecular weight excluding hydrogens is 411 g/mol. The molecule has 1 saturated heterocycles. The number of halogens is 2. The molecule has 3 rings (SSSR count). The highest BCUT2D eigenvalue weighted by Gasteiger charge is 2.26. The average molecular weight is 435 g/mol. The zero-order chi connectivity index (χ0) is 14.8. The summed E-state index contributed by atoms with van der Waals surface area (Å²) >= 11 is 2.26. The van der Waals surface area contributed by atoms with Gasteiger partial charge in [-0.2, -0.15) is 0 Å².